The number of nitrogens with zero attached hydrogens (tertiary/aromatic N) is 4. The maximum absolute atomic E-state index is 4.41. The third kappa shape index (κ3) is 3.00. The largest absolute Gasteiger partial charge is 0.308 e. The number of aromatic amines is 1. The van der Waals surface area contributed by atoms with Gasteiger partial charge >= 0.3 is 0 Å². The molecule has 0 aromatic carbocycles. The Hall–Kier alpha value is -2.47. The van der Waals surface area contributed by atoms with Crippen LogP contribution in [0.4, 0.5) is 0 Å². The zero-order valence-electron chi connectivity index (χ0n) is 12.2. The van der Waals surface area contributed by atoms with Gasteiger partial charge in [-0.05, 0) is 31.5 Å². The van der Waals surface area contributed by atoms with E-state index < -0.39 is 0 Å². The first-order chi connectivity index (χ1) is 10.2. The number of H-pyrrole nitrogens is 1. The first-order valence-electron chi connectivity index (χ1n) is 6.90. The second-order valence-corrected chi connectivity index (χ2v) is 4.99. The average Bonchev–Trinajstić information content (AvgIpc) is 3.13. The molecule has 6 nitrogen and oxygen atoms in total. The summed E-state index contributed by atoms with van der Waals surface area (Å²) in [5.74, 6) is 0.824. The van der Waals surface area contributed by atoms with Crippen LogP contribution in [0.3, 0.4) is 0 Å². The van der Waals surface area contributed by atoms with Gasteiger partial charge in [0.2, 0.25) is 0 Å². The highest BCUT2D eigenvalue weighted by atomic mass is 15.3. The summed E-state index contributed by atoms with van der Waals surface area (Å²) in [5, 5.41) is 14.8. The summed E-state index contributed by atoms with van der Waals surface area (Å²) >= 11 is 0. The van der Waals surface area contributed by atoms with Gasteiger partial charge < -0.3 is 5.32 Å². The highest BCUT2D eigenvalue weighted by Crippen LogP contribution is 2.09. The molecular weight excluding hydrogens is 264 g/mol. The Kier molecular flexibility index (Phi) is 3.79. The van der Waals surface area contributed by atoms with Gasteiger partial charge in [-0.15, -0.1) is 0 Å². The molecule has 3 heterocycles. The zero-order chi connectivity index (χ0) is 14.7. The molecule has 21 heavy (non-hydrogen) atoms. The Morgan fingerprint density at radius 1 is 1.24 bits per heavy atom. The summed E-state index contributed by atoms with van der Waals surface area (Å²) < 4.78 is 1.75. The lowest BCUT2D eigenvalue weighted by molar-refractivity contribution is 0.685. The van der Waals surface area contributed by atoms with Crippen LogP contribution in [0.5, 0.6) is 0 Å². The molecule has 3 aromatic heterocycles. The van der Waals surface area contributed by atoms with E-state index in [1.54, 1.807) is 10.9 Å². The third-order valence-electron chi connectivity index (χ3n) is 3.46. The van der Waals surface area contributed by atoms with E-state index >= 15 is 0 Å². The molecule has 3 rings (SSSR count). The van der Waals surface area contributed by atoms with E-state index in [1.807, 2.05) is 38.4 Å². The molecule has 108 valence electrons. The molecule has 0 amide bonds. The topological polar surface area (TPSA) is 71.4 Å². The number of nitrogens with one attached hydrogen (secondary N) is 2. The molecule has 0 spiro atoms. The molecule has 0 bridgehead atoms. The quantitative estimate of drug-likeness (QED) is 0.749. The van der Waals surface area contributed by atoms with Crippen LogP contribution >= 0.6 is 0 Å². The predicted octanol–water partition coefficient (Wildman–Crippen LogP) is 1.90. The van der Waals surface area contributed by atoms with Crippen LogP contribution in [0.25, 0.3) is 5.82 Å². The number of aryl methyl sites for hydroxylation is 2. The van der Waals surface area contributed by atoms with E-state index in [-0.39, 0.29) is 0 Å². The van der Waals surface area contributed by atoms with Gasteiger partial charge in [0.1, 0.15) is 0 Å². The van der Waals surface area contributed by atoms with Crippen LogP contribution < -0.4 is 5.32 Å². The molecule has 0 saturated heterocycles. The minimum absolute atomic E-state index is 0.774. The van der Waals surface area contributed by atoms with Gasteiger partial charge in [0.15, 0.2) is 5.82 Å². The Bertz CT molecular complexity index is 677. The molecule has 0 saturated carbocycles. The van der Waals surface area contributed by atoms with Gasteiger partial charge in [0.25, 0.3) is 0 Å². The second kappa shape index (κ2) is 5.88. The molecule has 0 radical (unpaired) electrons. The molecule has 0 atom stereocenters. The van der Waals surface area contributed by atoms with E-state index in [4.69, 9.17) is 0 Å². The number of hydrogen-bond acceptors (Lipinski definition) is 4. The minimum atomic E-state index is 0.774. The Morgan fingerprint density at radius 3 is 2.76 bits per heavy atom. The fraction of sp³-hybridized carbons (Fsp3) is 0.267. The first kappa shape index (κ1) is 13.5. The van der Waals surface area contributed by atoms with Crippen LogP contribution in [-0.4, -0.2) is 25.0 Å². The molecule has 0 aliphatic carbocycles. The third-order valence-corrected chi connectivity index (χ3v) is 3.46. The molecule has 2 N–H and O–H groups in total. The highest BCUT2D eigenvalue weighted by Gasteiger charge is 2.05. The maximum Gasteiger partial charge on any atom is 0.153 e. The fourth-order valence-electron chi connectivity index (χ4n) is 2.23. The smallest absolute Gasteiger partial charge is 0.153 e. The SMILES string of the molecule is Cc1n[nH]c(C)c1CNCc1ccc(-n2cccn2)nc1. The van der Waals surface area contributed by atoms with Crippen molar-refractivity contribution in [2.75, 3.05) is 0 Å². The highest BCUT2D eigenvalue weighted by molar-refractivity contribution is 5.25. The molecule has 0 aliphatic heterocycles. The van der Waals surface area contributed by atoms with Crippen molar-refractivity contribution in [1.82, 2.24) is 30.3 Å². The van der Waals surface area contributed by atoms with Gasteiger partial charge in [-0.3, -0.25) is 5.10 Å². The fourth-order valence-corrected chi connectivity index (χ4v) is 2.23. The van der Waals surface area contributed by atoms with Crippen molar-refractivity contribution in [3.8, 4) is 5.82 Å². The first-order valence-corrected chi connectivity index (χ1v) is 6.90. The van der Waals surface area contributed by atoms with Gasteiger partial charge in [-0.1, -0.05) is 6.07 Å². The van der Waals surface area contributed by atoms with E-state index in [1.165, 1.54) is 5.56 Å². The van der Waals surface area contributed by atoms with Crippen molar-refractivity contribution in [1.29, 1.82) is 0 Å². The maximum atomic E-state index is 4.41. The van der Waals surface area contributed by atoms with Crippen molar-refractivity contribution in [3.05, 3.63) is 59.3 Å². The van der Waals surface area contributed by atoms with Crippen molar-refractivity contribution in [2.24, 2.45) is 0 Å². The van der Waals surface area contributed by atoms with Crippen LogP contribution in [-0.2, 0) is 13.1 Å². The average molecular weight is 282 g/mol. The van der Waals surface area contributed by atoms with Crippen molar-refractivity contribution < 1.29 is 0 Å². The standard InChI is InChI=1S/C15H18N6/c1-11-14(12(2)20-19-11)10-16-8-13-4-5-15(17-9-13)21-7-3-6-18-21/h3-7,9,16H,8,10H2,1-2H3,(H,19,20). The van der Waals surface area contributed by atoms with Gasteiger partial charge in [-0.25, -0.2) is 9.67 Å². The van der Waals surface area contributed by atoms with Gasteiger partial charge in [0, 0.05) is 42.9 Å². The number of aromatic nitrogens is 5. The second-order valence-electron chi connectivity index (χ2n) is 4.99. The molecular formula is C15H18N6. The lowest BCUT2D eigenvalue weighted by Gasteiger charge is -2.06. The summed E-state index contributed by atoms with van der Waals surface area (Å²) in [6.45, 7) is 5.63. The zero-order valence-corrected chi connectivity index (χ0v) is 12.2. The Morgan fingerprint density at radius 2 is 2.14 bits per heavy atom. The summed E-state index contributed by atoms with van der Waals surface area (Å²) in [6, 6.07) is 5.91. The minimum Gasteiger partial charge on any atom is -0.308 e. The Balaban J connectivity index is 1.59. The van der Waals surface area contributed by atoms with Gasteiger partial charge in [-0.2, -0.15) is 10.2 Å². The van der Waals surface area contributed by atoms with E-state index in [2.05, 4.69) is 31.7 Å². The number of hydrogen-bond donors (Lipinski definition) is 2. The summed E-state index contributed by atoms with van der Waals surface area (Å²) in [5.41, 5.74) is 4.54. The van der Waals surface area contributed by atoms with Crippen molar-refractivity contribution in [2.45, 2.75) is 26.9 Å². The summed E-state index contributed by atoms with van der Waals surface area (Å²) in [6.07, 6.45) is 5.50. The molecule has 0 aliphatic rings. The lowest BCUT2D eigenvalue weighted by atomic mass is 10.2. The van der Waals surface area contributed by atoms with E-state index in [9.17, 15) is 0 Å². The lowest BCUT2D eigenvalue weighted by Crippen LogP contribution is -2.14. The van der Waals surface area contributed by atoms with E-state index in [0.717, 1.165) is 35.9 Å². The molecule has 0 unspecified atom stereocenters. The monoisotopic (exact) mass is 282 g/mol. The molecule has 6 heteroatoms. The van der Waals surface area contributed by atoms with Crippen LogP contribution in [0.1, 0.15) is 22.5 Å². The van der Waals surface area contributed by atoms with Crippen LogP contribution in [0.15, 0.2) is 36.8 Å². The van der Waals surface area contributed by atoms with Crippen molar-refractivity contribution in [3.63, 3.8) is 0 Å². The number of rotatable bonds is 5. The summed E-state index contributed by atoms with van der Waals surface area (Å²) in [7, 11) is 0. The van der Waals surface area contributed by atoms with Crippen molar-refractivity contribution >= 4 is 0 Å². The Labute approximate surface area is 123 Å². The van der Waals surface area contributed by atoms with Crippen LogP contribution in [0, 0.1) is 13.8 Å². The van der Waals surface area contributed by atoms with Gasteiger partial charge in [0.05, 0.1) is 5.69 Å². The normalized spacial score (nSPS) is 11.0. The summed E-state index contributed by atoms with van der Waals surface area (Å²) in [4.78, 5) is 4.41. The predicted molar refractivity (Wildman–Crippen MR) is 80.0 cm³/mol. The van der Waals surface area contributed by atoms with Crippen LogP contribution in [0.2, 0.25) is 0 Å². The molecule has 3 aromatic rings. The van der Waals surface area contributed by atoms with E-state index in [0.29, 0.717) is 0 Å². The molecule has 0 fully saturated rings. The number of pyridine rings is 1.